The van der Waals surface area contributed by atoms with Crippen molar-refractivity contribution >= 4 is 11.6 Å². The van der Waals surface area contributed by atoms with Crippen molar-refractivity contribution in [1.82, 2.24) is 35.8 Å². The van der Waals surface area contributed by atoms with Gasteiger partial charge in [-0.05, 0) is 93.2 Å². The summed E-state index contributed by atoms with van der Waals surface area (Å²) >= 11 is 0. The quantitative estimate of drug-likeness (QED) is 0.309. The fraction of sp³-hybridized carbons (Fsp3) is 0.321. The van der Waals surface area contributed by atoms with Crippen LogP contribution in [0.25, 0.3) is 11.4 Å². The first-order chi connectivity index (χ1) is 18.2. The topological polar surface area (TPSA) is 121 Å². The van der Waals surface area contributed by atoms with Crippen molar-refractivity contribution in [2.24, 2.45) is 0 Å². The molecule has 9 heteroatoms. The molecule has 1 amide bonds. The lowest BCUT2D eigenvalue weighted by molar-refractivity contribution is 0.0823. The molecule has 188 valence electrons. The molecule has 0 unspecified atom stereocenters. The summed E-state index contributed by atoms with van der Waals surface area (Å²) in [7, 11) is 0. The lowest BCUT2D eigenvalue weighted by atomic mass is 9.72. The van der Waals surface area contributed by atoms with Crippen LogP contribution in [0.5, 0.6) is 0 Å². The smallest absolute Gasteiger partial charge is 0.252 e. The van der Waals surface area contributed by atoms with E-state index in [-0.39, 0.29) is 11.4 Å². The van der Waals surface area contributed by atoms with E-state index in [1.165, 1.54) is 0 Å². The SMILES string of the molecule is O=C(NC1(c2ccncc2)CCC1)c1cccc(NC2(c3nc(-c4ccncc4)n[nH]3)CCNCC2)c1. The summed E-state index contributed by atoms with van der Waals surface area (Å²) in [5.41, 5.74) is 2.79. The minimum Gasteiger partial charge on any atom is -0.373 e. The van der Waals surface area contributed by atoms with E-state index in [1.807, 2.05) is 48.5 Å². The first-order valence-electron chi connectivity index (χ1n) is 12.8. The molecule has 1 aliphatic carbocycles. The van der Waals surface area contributed by atoms with Crippen molar-refractivity contribution in [2.75, 3.05) is 18.4 Å². The Balaban J connectivity index is 1.25. The van der Waals surface area contributed by atoms with E-state index in [4.69, 9.17) is 4.98 Å². The average Bonchev–Trinajstić information content (AvgIpc) is 3.44. The van der Waals surface area contributed by atoms with Crippen LogP contribution in [0.1, 0.15) is 53.8 Å². The molecule has 6 rings (SSSR count). The van der Waals surface area contributed by atoms with Crippen LogP contribution in [0.2, 0.25) is 0 Å². The second kappa shape index (κ2) is 9.74. The Morgan fingerprint density at radius 3 is 2.30 bits per heavy atom. The Morgan fingerprint density at radius 2 is 1.59 bits per heavy atom. The predicted octanol–water partition coefficient (Wildman–Crippen LogP) is 3.76. The number of carbonyl (C=O) groups is 1. The molecule has 2 aliphatic rings. The molecule has 2 fully saturated rings. The van der Waals surface area contributed by atoms with Gasteiger partial charge in [0.05, 0.1) is 11.1 Å². The minimum absolute atomic E-state index is 0.0702. The van der Waals surface area contributed by atoms with Crippen LogP contribution < -0.4 is 16.0 Å². The van der Waals surface area contributed by atoms with Crippen LogP contribution in [0.15, 0.2) is 73.3 Å². The third-order valence-corrected chi connectivity index (χ3v) is 7.64. The lowest BCUT2D eigenvalue weighted by Gasteiger charge is -2.43. The van der Waals surface area contributed by atoms with Crippen molar-refractivity contribution in [2.45, 2.75) is 43.2 Å². The van der Waals surface area contributed by atoms with Gasteiger partial charge >= 0.3 is 0 Å². The molecule has 0 atom stereocenters. The monoisotopic (exact) mass is 494 g/mol. The van der Waals surface area contributed by atoms with Gasteiger partial charge in [0.15, 0.2) is 11.6 Å². The van der Waals surface area contributed by atoms with Gasteiger partial charge in [-0.25, -0.2) is 4.98 Å². The molecular formula is C28H30N8O. The molecule has 1 aromatic carbocycles. The van der Waals surface area contributed by atoms with Gasteiger partial charge < -0.3 is 16.0 Å². The molecule has 1 saturated carbocycles. The molecule has 4 N–H and O–H groups in total. The highest BCUT2D eigenvalue weighted by Gasteiger charge is 2.40. The van der Waals surface area contributed by atoms with Crippen molar-refractivity contribution in [3.05, 3.63) is 90.3 Å². The largest absolute Gasteiger partial charge is 0.373 e. The van der Waals surface area contributed by atoms with Gasteiger partial charge in [-0.15, -0.1) is 0 Å². The number of aromatic nitrogens is 5. The van der Waals surface area contributed by atoms with Gasteiger partial charge in [-0.3, -0.25) is 19.9 Å². The normalized spacial score (nSPS) is 17.9. The summed E-state index contributed by atoms with van der Waals surface area (Å²) in [5, 5.41) is 18.1. The third kappa shape index (κ3) is 4.58. The molecular weight excluding hydrogens is 464 g/mol. The van der Waals surface area contributed by atoms with Gasteiger partial charge in [0.2, 0.25) is 0 Å². The number of rotatable bonds is 7. The Bertz CT molecular complexity index is 1360. The maximum Gasteiger partial charge on any atom is 0.252 e. The number of carbonyl (C=O) groups excluding carboxylic acids is 1. The van der Waals surface area contributed by atoms with Crippen LogP contribution in [0.3, 0.4) is 0 Å². The van der Waals surface area contributed by atoms with Crippen molar-refractivity contribution in [1.29, 1.82) is 0 Å². The fourth-order valence-corrected chi connectivity index (χ4v) is 5.37. The highest BCUT2D eigenvalue weighted by molar-refractivity contribution is 5.95. The van der Waals surface area contributed by atoms with Crippen LogP contribution in [-0.4, -0.2) is 44.1 Å². The summed E-state index contributed by atoms with van der Waals surface area (Å²) in [5.74, 6) is 1.37. The molecule has 4 aromatic rings. The highest BCUT2D eigenvalue weighted by Crippen LogP contribution is 2.41. The first kappa shape index (κ1) is 23.3. The minimum atomic E-state index is -0.426. The number of nitrogens with one attached hydrogen (secondary N) is 4. The van der Waals surface area contributed by atoms with E-state index < -0.39 is 5.54 Å². The maximum absolute atomic E-state index is 13.4. The van der Waals surface area contributed by atoms with Crippen LogP contribution in [0, 0.1) is 0 Å². The number of hydrogen-bond acceptors (Lipinski definition) is 7. The van der Waals surface area contributed by atoms with E-state index in [9.17, 15) is 4.79 Å². The maximum atomic E-state index is 13.4. The fourth-order valence-electron chi connectivity index (χ4n) is 5.37. The number of anilines is 1. The van der Waals surface area contributed by atoms with Gasteiger partial charge in [0.25, 0.3) is 5.91 Å². The van der Waals surface area contributed by atoms with E-state index >= 15 is 0 Å². The molecule has 3 aromatic heterocycles. The first-order valence-corrected chi connectivity index (χ1v) is 12.8. The Kier molecular flexibility index (Phi) is 6.13. The van der Waals surface area contributed by atoms with Crippen LogP contribution in [0.4, 0.5) is 5.69 Å². The van der Waals surface area contributed by atoms with Crippen LogP contribution >= 0.6 is 0 Å². The zero-order valence-electron chi connectivity index (χ0n) is 20.6. The van der Waals surface area contributed by atoms with E-state index in [0.717, 1.165) is 67.8 Å². The number of piperidine rings is 1. The number of benzene rings is 1. The van der Waals surface area contributed by atoms with E-state index in [2.05, 4.69) is 36.1 Å². The number of pyridine rings is 2. The summed E-state index contributed by atoms with van der Waals surface area (Å²) < 4.78 is 0. The summed E-state index contributed by atoms with van der Waals surface area (Å²) in [4.78, 5) is 26.5. The summed E-state index contributed by atoms with van der Waals surface area (Å²) in [6.07, 6.45) is 11.7. The standard InChI is InChI=1S/C28H30N8O/c37-25(34-27(9-2-10-27)22-7-15-30-16-8-22)21-3-1-4-23(19-21)33-28(11-17-31-18-12-28)26-32-24(35-36-26)20-5-13-29-14-6-20/h1,3-8,13-16,19,31,33H,2,9-12,17-18H2,(H,34,37)(H,32,35,36). The van der Waals surface area contributed by atoms with Crippen LogP contribution in [-0.2, 0) is 11.1 Å². The molecule has 0 bridgehead atoms. The molecule has 0 radical (unpaired) electrons. The molecule has 1 aliphatic heterocycles. The summed E-state index contributed by atoms with van der Waals surface area (Å²) in [6, 6.07) is 15.5. The number of amides is 1. The second-order valence-electron chi connectivity index (χ2n) is 9.91. The summed E-state index contributed by atoms with van der Waals surface area (Å²) in [6.45, 7) is 1.71. The second-order valence-corrected chi connectivity index (χ2v) is 9.91. The molecule has 37 heavy (non-hydrogen) atoms. The Labute approximate surface area is 215 Å². The lowest BCUT2D eigenvalue weighted by Crippen LogP contribution is -2.50. The van der Waals surface area contributed by atoms with Gasteiger partial charge in [-0.1, -0.05) is 6.07 Å². The van der Waals surface area contributed by atoms with Gasteiger partial charge in [-0.2, -0.15) is 5.10 Å². The highest BCUT2D eigenvalue weighted by atomic mass is 16.1. The molecule has 0 spiro atoms. The van der Waals surface area contributed by atoms with Crippen molar-refractivity contribution in [3.63, 3.8) is 0 Å². The van der Waals surface area contributed by atoms with Gasteiger partial charge in [0.1, 0.15) is 0 Å². The molecule has 9 nitrogen and oxygen atoms in total. The molecule has 4 heterocycles. The average molecular weight is 495 g/mol. The zero-order chi connectivity index (χ0) is 25.1. The molecule has 1 saturated heterocycles. The predicted molar refractivity (Wildman–Crippen MR) is 141 cm³/mol. The van der Waals surface area contributed by atoms with Crippen molar-refractivity contribution < 1.29 is 4.79 Å². The van der Waals surface area contributed by atoms with Crippen molar-refractivity contribution in [3.8, 4) is 11.4 Å². The van der Waals surface area contributed by atoms with E-state index in [1.54, 1.807) is 24.8 Å². The number of H-pyrrole nitrogens is 1. The third-order valence-electron chi connectivity index (χ3n) is 7.64. The number of nitrogens with zero attached hydrogens (tertiary/aromatic N) is 4. The van der Waals surface area contributed by atoms with E-state index in [0.29, 0.717) is 11.4 Å². The Morgan fingerprint density at radius 1 is 0.865 bits per heavy atom. The number of hydrogen-bond donors (Lipinski definition) is 4. The Hall–Kier alpha value is -4.11. The van der Waals surface area contributed by atoms with Gasteiger partial charge in [0, 0.05) is 41.6 Å². The number of aromatic amines is 1. The zero-order valence-corrected chi connectivity index (χ0v) is 20.6.